The molecular formula is C10H15N2S. The number of thiophene rings is 1. The van der Waals surface area contributed by atoms with Crippen molar-refractivity contribution in [2.45, 2.75) is 32.5 Å². The quantitative estimate of drug-likeness (QED) is 0.783. The zero-order chi connectivity index (χ0) is 9.10. The Hall–Kier alpha value is -0.380. The molecule has 1 saturated heterocycles. The van der Waals surface area contributed by atoms with Gasteiger partial charge in [-0.2, -0.15) is 0 Å². The van der Waals surface area contributed by atoms with Gasteiger partial charge in [0.1, 0.15) is 0 Å². The molecule has 1 fully saturated rings. The highest BCUT2D eigenvalue weighted by atomic mass is 32.1. The van der Waals surface area contributed by atoms with Crippen molar-refractivity contribution in [1.82, 2.24) is 10.6 Å². The molecule has 0 aliphatic carbocycles. The van der Waals surface area contributed by atoms with Crippen LogP contribution in [0, 0.1) is 6.92 Å². The Bertz CT molecular complexity index is 264. The van der Waals surface area contributed by atoms with Gasteiger partial charge in [-0.1, -0.05) is 0 Å². The third kappa shape index (κ3) is 2.53. The molecule has 1 aliphatic heterocycles. The van der Waals surface area contributed by atoms with Gasteiger partial charge >= 0.3 is 0 Å². The molecule has 1 aromatic heterocycles. The first-order valence-corrected chi connectivity index (χ1v) is 5.61. The van der Waals surface area contributed by atoms with Crippen LogP contribution in [0.3, 0.4) is 0 Å². The molecule has 0 amide bonds. The highest BCUT2D eigenvalue weighted by Gasteiger charge is 2.14. The lowest BCUT2D eigenvalue weighted by Gasteiger charge is -2.09. The number of nitrogens with one attached hydrogen (secondary N) is 1. The fourth-order valence-corrected chi connectivity index (χ4v) is 2.43. The molecule has 1 unspecified atom stereocenters. The van der Waals surface area contributed by atoms with Crippen molar-refractivity contribution in [3.8, 4) is 0 Å². The molecule has 0 aromatic carbocycles. The summed E-state index contributed by atoms with van der Waals surface area (Å²) in [6.45, 7) is 4.17. The lowest BCUT2D eigenvalue weighted by molar-refractivity contribution is 0.478. The Morgan fingerprint density at radius 2 is 2.54 bits per heavy atom. The normalized spacial score (nSPS) is 22.4. The van der Waals surface area contributed by atoms with Gasteiger partial charge in [-0.25, -0.2) is 5.32 Å². The van der Waals surface area contributed by atoms with Crippen molar-refractivity contribution in [3.63, 3.8) is 0 Å². The van der Waals surface area contributed by atoms with E-state index < -0.39 is 0 Å². The van der Waals surface area contributed by atoms with E-state index in [2.05, 4.69) is 29.7 Å². The summed E-state index contributed by atoms with van der Waals surface area (Å²) < 4.78 is 0. The van der Waals surface area contributed by atoms with Crippen LogP contribution < -0.4 is 10.6 Å². The lowest BCUT2D eigenvalue weighted by atomic mass is 10.3. The average molecular weight is 195 g/mol. The molecule has 0 bridgehead atoms. The lowest BCUT2D eigenvalue weighted by Crippen LogP contribution is -2.32. The summed E-state index contributed by atoms with van der Waals surface area (Å²) in [4.78, 5) is 2.81. The maximum atomic E-state index is 4.45. The summed E-state index contributed by atoms with van der Waals surface area (Å²) in [5, 5.41) is 7.91. The molecule has 0 spiro atoms. The third-order valence-electron chi connectivity index (χ3n) is 2.29. The van der Waals surface area contributed by atoms with Crippen LogP contribution >= 0.6 is 11.3 Å². The Balaban J connectivity index is 1.78. The fourth-order valence-electron chi connectivity index (χ4n) is 1.59. The summed E-state index contributed by atoms with van der Waals surface area (Å²) in [5.41, 5.74) is 0. The standard InChI is InChI=1S/C10H15N2S/c1-8-4-5-9(13-8)7-12-10-3-2-6-11-10/h4-5,10,12H,2-3,6-7H2,1H3. The SMILES string of the molecule is Cc1ccc(CNC2CCC[N]2)s1. The topological polar surface area (TPSA) is 26.1 Å². The molecule has 3 heteroatoms. The van der Waals surface area contributed by atoms with E-state index in [1.165, 1.54) is 22.6 Å². The summed E-state index contributed by atoms with van der Waals surface area (Å²) in [7, 11) is 0. The first-order valence-electron chi connectivity index (χ1n) is 4.80. The smallest absolute Gasteiger partial charge is 0.0739 e. The summed E-state index contributed by atoms with van der Waals surface area (Å²) >= 11 is 1.87. The van der Waals surface area contributed by atoms with Crippen LogP contribution in [0.25, 0.3) is 0 Å². The van der Waals surface area contributed by atoms with Crippen LogP contribution in [0.2, 0.25) is 0 Å². The second-order valence-electron chi connectivity index (χ2n) is 3.46. The van der Waals surface area contributed by atoms with E-state index >= 15 is 0 Å². The predicted octanol–water partition coefficient (Wildman–Crippen LogP) is 1.87. The predicted molar refractivity (Wildman–Crippen MR) is 55.9 cm³/mol. The molecular weight excluding hydrogens is 180 g/mol. The number of hydrogen-bond acceptors (Lipinski definition) is 2. The number of rotatable bonds is 3. The fraction of sp³-hybridized carbons (Fsp3) is 0.600. The van der Waals surface area contributed by atoms with E-state index in [9.17, 15) is 0 Å². The second kappa shape index (κ2) is 4.22. The number of nitrogens with zero attached hydrogens (tertiary/aromatic N) is 1. The third-order valence-corrected chi connectivity index (χ3v) is 3.29. The van der Waals surface area contributed by atoms with Gasteiger partial charge in [0.15, 0.2) is 0 Å². The van der Waals surface area contributed by atoms with Gasteiger partial charge < -0.3 is 0 Å². The van der Waals surface area contributed by atoms with Crippen molar-refractivity contribution >= 4 is 11.3 Å². The Kier molecular flexibility index (Phi) is 2.98. The van der Waals surface area contributed by atoms with E-state index in [-0.39, 0.29) is 0 Å². The van der Waals surface area contributed by atoms with Gasteiger partial charge in [0.2, 0.25) is 0 Å². The van der Waals surface area contributed by atoms with Crippen LogP contribution in [-0.4, -0.2) is 12.7 Å². The van der Waals surface area contributed by atoms with Crippen molar-refractivity contribution in [1.29, 1.82) is 0 Å². The van der Waals surface area contributed by atoms with E-state index in [1.54, 1.807) is 0 Å². The zero-order valence-corrected chi connectivity index (χ0v) is 8.73. The van der Waals surface area contributed by atoms with Crippen LogP contribution in [0.4, 0.5) is 0 Å². The van der Waals surface area contributed by atoms with Crippen LogP contribution in [0.15, 0.2) is 12.1 Å². The van der Waals surface area contributed by atoms with Gasteiger partial charge in [-0.15, -0.1) is 11.3 Å². The minimum absolute atomic E-state index is 0.419. The Morgan fingerprint density at radius 1 is 1.62 bits per heavy atom. The summed E-state index contributed by atoms with van der Waals surface area (Å²) in [6, 6.07) is 4.37. The maximum absolute atomic E-state index is 4.45. The maximum Gasteiger partial charge on any atom is 0.0739 e. The second-order valence-corrected chi connectivity index (χ2v) is 4.83. The van der Waals surface area contributed by atoms with Crippen molar-refractivity contribution in [2.75, 3.05) is 6.54 Å². The summed E-state index contributed by atoms with van der Waals surface area (Å²) in [6.07, 6.45) is 2.88. The molecule has 1 atom stereocenters. The molecule has 1 aliphatic rings. The van der Waals surface area contributed by atoms with Gasteiger partial charge in [-0.3, -0.25) is 5.32 Å². The minimum atomic E-state index is 0.419. The van der Waals surface area contributed by atoms with Crippen molar-refractivity contribution in [2.24, 2.45) is 0 Å². The average Bonchev–Trinajstić information content (AvgIpc) is 2.71. The Morgan fingerprint density at radius 3 is 3.15 bits per heavy atom. The molecule has 2 rings (SSSR count). The molecule has 0 saturated carbocycles. The number of aryl methyl sites for hydroxylation is 1. The zero-order valence-electron chi connectivity index (χ0n) is 7.92. The van der Waals surface area contributed by atoms with E-state index in [4.69, 9.17) is 0 Å². The van der Waals surface area contributed by atoms with Gasteiger partial charge in [-0.05, 0) is 31.9 Å². The minimum Gasteiger partial charge on any atom is -0.296 e. The molecule has 1 radical (unpaired) electrons. The largest absolute Gasteiger partial charge is 0.296 e. The van der Waals surface area contributed by atoms with Gasteiger partial charge in [0.25, 0.3) is 0 Å². The van der Waals surface area contributed by atoms with Crippen LogP contribution in [0.1, 0.15) is 22.6 Å². The first kappa shape index (κ1) is 9.19. The van der Waals surface area contributed by atoms with Crippen molar-refractivity contribution in [3.05, 3.63) is 21.9 Å². The Labute approximate surface area is 83.4 Å². The van der Waals surface area contributed by atoms with E-state index in [1.807, 2.05) is 11.3 Å². The van der Waals surface area contributed by atoms with E-state index in [0.29, 0.717) is 6.17 Å². The monoisotopic (exact) mass is 195 g/mol. The molecule has 2 nitrogen and oxygen atoms in total. The van der Waals surface area contributed by atoms with Crippen molar-refractivity contribution < 1.29 is 0 Å². The van der Waals surface area contributed by atoms with Crippen LogP contribution in [0.5, 0.6) is 0 Å². The molecule has 13 heavy (non-hydrogen) atoms. The summed E-state index contributed by atoms with van der Waals surface area (Å²) in [5.74, 6) is 0. The van der Waals surface area contributed by atoms with Crippen LogP contribution in [-0.2, 0) is 6.54 Å². The van der Waals surface area contributed by atoms with Gasteiger partial charge in [0, 0.05) is 22.8 Å². The highest BCUT2D eigenvalue weighted by Crippen LogP contribution is 2.15. The molecule has 1 N–H and O–H groups in total. The molecule has 1 aromatic rings. The molecule has 2 heterocycles. The first-order chi connectivity index (χ1) is 6.34. The van der Waals surface area contributed by atoms with Gasteiger partial charge in [0.05, 0.1) is 6.17 Å². The highest BCUT2D eigenvalue weighted by molar-refractivity contribution is 7.11. The van der Waals surface area contributed by atoms with E-state index in [0.717, 1.165) is 13.1 Å². The molecule has 71 valence electrons. The number of hydrogen-bond donors (Lipinski definition) is 1.